The largest absolute Gasteiger partial charge is 0.379 e. The highest BCUT2D eigenvalue weighted by Gasteiger charge is 2.15. The molecule has 4 aromatic rings. The molecule has 0 unspecified atom stereocenters. The van der Waals surface area contributed by atoms with E-state index in [4.69, 9.17) is 4.18 Å². The Labute approximate surface area is 179 Å². The highest BCUT2D eigenvalue weighted by Crippen LogP contribution is 2.19. The maximum absolute atomic E-state index is 12.3. The zero-order valence-electron chi connectivity index (χ0n) is 16.3. The summed E-state index contributed by atoms with van der Waals surface area (Å²) in [6, 6.07) is 27.5. The number of carbonyl (C=O) groups is 1. The van der Waals surface area contributed by atoms with Crippen LogP contribution in [0.4, 0.5) is 0 Å². The summed E-state index contributed by atoms with van der Waals surface area (Å²) in [6.07, 6.45) is 1.47. The molecule has 0 aliphatic carbocycles. The number of hydrazone groups is 1. The Hall–Kier alpha value is -3.97. The average molecular weight is 430 g/mol. The number of rotatable bonds is 6. The van der Waals surface area contributed by atoms with Gasteiger partial charge in [-0.1, -0.05) is 48.5 Å². The molecule has 0 fully saturated rings. The third-order valence-electron chi connectivity index (χ3n) is 4.51. The lowest BCUT2D eigenvalue weighted by Gasteiger charge is -2.07. The monoisotopic (exact) mass is 430 g/mol. The molecule has 0 aromatic heterocycles. The van der Waals surface area contributed by atoms with Gasteiger partial charge < -0.3 is 4.18 Å². The molecular formula is C24H18N2O4S. The van der Waals surface area contributed by atoms with Crippen molar-refractivity contribution in [3.05, 3.63) is 108 Å². The number of carbonyl (C=O) groups excluding carboxylic acids is 1. The van der Waals surface area contributed by atoms with Crippen LogP contribution in [0, 0.1) is 0 Å². The van der Waals surface area contributed by atoms with Gasteiger partial charge in [0.15, 0.2) is 0 Å². The van der Waals surface area contributed by atoms with Crippen molar-refractivity contribution in [2.45, 2.75) is 4.90 Å². The first kappa shape index (κ1) is 20.3. The Bertz CT molecular complexity index is 1350. The molecule has 1 N–H and O–H groups in total. The number of hydrogen-bond acceptors (Lipinski definition) is 5. The minimum atomic E-state index is -3.89. The van der Waals surface area contributed by atoms with Crippen LogP contribution in [0.25, 0.3) is 10.8 Å². The summed E-state index contributed by atoms with van der Waals surface area (Å²) in [7, 11) is -3.89. The van der Waals surface area contributed by atoms with Crippen molar-refractivity contribution in [3.8, 4) is 5.75 Å². The molecule has 154 valence electrons. The van der Waals surface area contributed by atoms with Gasteiger partial charge >= 0.3 is 10.1 Å². The lowest BCUT2D eigenvalue weighted by Crippen LogP contribution is -2.17. The molecule has 4 aromatic carbocycles. The van der Waals surface area contributed by atoms with Crippen molar-refractivity contribution in [2.75, 3.05) is 0 Å². The first-order valence-corrected chi connectivity index (χ1v) is 10.8. The average Bonchev–Trinajstić information content (AvgIpc) is 2.80. The maximum Gasteiger partial charge on any atom is 0.339 e. The first-order valence-electron chi connectivity index (χ1n) is 9.43. The number of nitrogens with one attached hydrogen (secondary N) is 1. The van der Waals surface area contributed by atoms with Crippen LogP contribution < -0.4 is 9.61 Å². The van der Waals surface area contributed by atoms with E-state index in [9.17, 15) is 13.2 Å². The van der Waals surface area contributed by atoms with E-state index < -0.39 is 10.1 Å². The SMILES string of the molecule is O=C(N/N=C\c1ccc(OS(=O)(=O)c2ccccc2)cc1)c1ccc2ccccc2c1. The first-order chi connectivity index (χ1) is 15.0. The standard InChI is InChI=1S/C24H18N2O4S/c27-24(21-13-12-19-6-4-5-7-20(19)16-21)26-25-17-18-10-14-22(15-11-18)30-31(28,29)23-8-2-1-3-9-23/h1-17H,(H,26,27)/b25-17-. The van der Waals surface area contributed by atoms with E-state index in [2.05, 4.69) is 10.5 Å². The molecule has 7 heteroatoms. The van der Waals surface area contributed by atoms with E-state index in [0.29, 0.717) is 11.1 Å². The maximum atomic E-state index is 12.3. The van der Waals surface area contributed by atoms with Gasteiger partial charge in [-0.05, 0) is 64.9 Å². The van der Waals surface area contributed by atoms with E-state index in [0.717, 1.165) is 10.8 Å². The van der Waals surface area contributed by atoms with Gasteiger partial charge in [0.05, 0.1) is 6.21 Å². The van der Waals surface area contributed by atoms with Crippen molar-refractivity contribution in [1.82, 2.24) is 5.43 Å². The van der Waals surface area contributed by atoms with Crippen molar-refractivity contribution in [3.63, 3.8) is 0 Å². The quantitative estimate of drug-likeness (QED) is 0.280. The Morgan fingerprint density at radius 3 is 2.23 bits per heavy atom. The summed E-state index contributed by atoms with van der Waals surface area (Å²) in [6.45, 7) is 0. The molecule has 0 atom stereocenters. The van der Waals surface area contributed by atoms with Crippen molar-refractivity contribution in [2.24, 2.45) is 5.10 Å². The third-order valence-corrected chi connectivity index (χ3v) is 5.77. The second-order valence-electron chi connectivity index (χ2n) is 6.68. The van der Waals surface area contributed by atoms with Crippen LogP contribution in [0.2, 0.25) is 0 Å². The van der Waals surface area contributed by atoms with Crippen LogP contribution in [-0.4, -0.2) is 20.5 Å². The molecule has 0 saturated carbocycles. The van der Waals surface area contributed by atoms with Crippen LogP contribution >= 0.6 is 0 Å². The summed E-state index contributed by atoms with van der Waals surface area (Å²) in [5.74, 6) is -0.142. The molecule has 1 amide bonds. The highest BCUT2D eigenvalue weighted by atomic mass is 32.2. The summed E-state index contributed by atoms with van der Waals surface area (Å²) in [5, 5.41) is 5.99. The Balaban J connectivity index is 1.38. The molecule has 0 spiro atoms. The molecule has 0 heterocycles. The fourth-order valence-corrected chi connectivity index (χ4v) is 3.88. The van der Waals surface area contributed by atoms with Crippen LogP contribution in [0.15, 0.2) is 107 Å². The van der Waals surface area contributed by atoms with E-state index in [1.54, 1.807) is 42.5 Å². The molecule has 31 heavy (non-hydrogen) atoms. The predicted molar refractivity (Wildman–Crippen MR) is 120 cm³/mol. The van der Waals surface area contributed by atoms with Crippen LogP contribution in [0.5, 0.6) is 5.75 Å². The molecule has 4 rings (SSSR count). The van der Waals surface area contributed by atoms with E-state index in [1.165, 1.54) is 30.5 Å². The van der Waals surface area contributed by atoms with E-state index in [1.807, 2.05) is 30.3 Å². The third kappa shape index (κ3) is 4.96. The van der Waals surface area contributed by atoms with Gasteiger partial charge in [0.2, 0.25) is 0 Å². The van der Waals surface area contributed by atoms with Crippen LogP contribution in [0.1, 0.15) is 15.9 Å². The normalized spacial score (nSPS) is 11.5. The van der Waals surface area contributed by atoms with Gasteiger partial charge in [0.25, 0.3) is 5.91 Å². The summed E-state index contributed by atoms with van der Waals surface area (Å²) in [4.78, 5) is 12.4. The predicted octanol–water partition coefficient (Wildman–Crippen LogP) is 4.37. The molecule has 0 bridgehead atoms. The van der Waals surface area contributed by atoms with Crippen molar-refractivity contribution < 1.29 is 17.4 Å². The molecule has 6 nitrogen and oxygen atoms in total. The number of benzene rings is 4. The van der Waals surface area contributed by atoms with Gasteiger partial charge in [-0.25, -0.2) is 5.43 Å². The topological polar surface area (TPSA) is 84.8 Å². The zero-order chi connectivity index (χ0) is 21.7. The minimum absolute atomic E-state index is 0.0806. The van der Waals surface area contributed by atoms with Gasteiger partial charge in [0.1, 0.15) is 10.6 Å². The Morgan fingerprint density at radius 1 is 0.806 bits per heavy atom. The summed E-state index contributed by atoms with van der Waals surface area (Å²) >= 11 is 0. The summed E-state index contributed by atoms with van der Waals surface area (Å²) in [5.41, 5.74) is 3.66. The number of fused-ring (bicyclic) bond motifs is 1. The van der Waals surface area contributed by atoms with Crippen molar-refractivity contribution in [1.29, 1.82) is 0 Å². The molecule has 0 radical (unpaired) electrons. The van der Waals surface area contributed by atoms with Crippen LogP contribution in [0.3, 0.4) is 0 Å². The van der Waals surface area contributed by atoms with Crippen LogP contribution in [-0.2, 0) is 10.1 Å². The Kier molecular flexibility index (Phi) is 5.77. The molecule has 0 saturated heterocycles. The fourth-order valence-electron chi connectivity index (χ4n) is 2.93. The Morgan fingerprint density at radius 2 is 1.48 bits per heavy atom. The van der Waals surface area contributed by atoms with E-state index >= 15 is 0 Å². The molecular weight excluding hydrogens is 412 g/mol. The highest BCUT2D eigenvalue weighted by molar-refractivity contribution is 7.87. The van der Waals surface area contributed by atoms with Gasteiger partial charge in [-0.2, -0.15) is 13.5 Å². The van der Waals surface area contributed by atoms with Crippen molar-refractivity contribution >= 4 is 33.0 Å². The second kappa shape index (κ2) is 8.81. The summed E-state index contributed by atoms with van der Waals surface area (Å²) < 4.78 is 29.6. The lowest BCUT2D eigenvalue weighted by atomic mass is 10.1. The molecule has 0 aliphatic rings. The smallest absolute Gasteiger partial charge is 0.339 e. The van der Waals surface area contributed by atoms with E-state index in [-0.39, 0.29) is 16.6 Å². The lowest BCUT2D eigenvalue weighted by molar-refractivity contribution is 0.0955. The van der Waals surface area contributed by atoms with Gasteiger partial charge in [-0.15, -0.1) is 0 Å². The fraction of sp³-hybridized carbons (Fsp3) is 0. The molecule has 0 aliphatic heterocycles. The number of amides is 1. The number of hydrogen-bond donors (Lipinski definition) is 1. The minimum Gasteiger partial charge on any atom is -0.379 e. The van der Waals surface area contributed by atoms with Gasteiger partial charge in [-0.3, -0.25) is 4.79 Å². The zero-order valence-corrected chi connectivity index (χ0v) is 17.1. The number of nitrogens with zero attached hydrogens (tertiary/aromatic N) is 1. The second-order valence-corrected chi connectivity index (χ2v) is 8.23. The van der Waals surface area contributed by atoms with Gasteiger partial charge in [0, 0.05) is 5.56 Å².